The van der Waals surface area contributed by atoms with Crippen LogP contribution in [-0.4, -0.2) is 103 Å². The van der Waals surface area contributed by atoms with Crippen molar-refractivity contribution >= 4 is 35.4 Å². The Balaban J connectivity index is 2.23. The lowest BCUT2D eigenvalue weighted by molar-refractivity contribution is -0.149. The minimum Gasteiger partial charge on any atom is -0.469 e. The molecule has 5 N–H and O–H groups in total. The van der Waals surface area contributed by atoms with E-state index in [1.54, 1.807) is 12.1 Å². The number of ketones is 1. The number of aliphatic hydroxyl groups excluding tert-OH is 1. The summed E-state index contributed by atoms with van der Waals surface area (Å²) in [6, 6.07) is 12.3. The molecule has 0 saturated carbocycles. The summed E-state index contributed by atoms with van der Waals surface area (Å²) >= 11 is 0. The topological polar surface area (TPSA) is 183 Å². The summed E-state index contributed by atoms with van der Waals surface area (Å²) in [4.78, 5) is 82.5. The van der Waals surface area contributed by atoms with Gasteiger partial charge >= 0.3 is 5.97 Å². The van der Waals surface area contributed by atoms with Crippen LogP contribution in [0.2, 0.25) is 0 Å². The Morgan fingerprint density at radius 1 is 0.754 bits per heavy atom. The van der Waals surface area contributed by atoms with Crippen molar-refractivity contribution in [3.05, 3.63) is 71.3 Å². The van der Waals surface area contributed by atoms with E-state index in [1.165, 1.54) is 14.0 Å². The largest absolute Gasteiger partial charge is 0.469 e. The molecule has 0 fully saturated rings. The van der Waals surface area contributed by atoms with Gasteiger partial charge < -0.3 is 36.0 Å². The van der Waals surface area contributed by atoms with Crippen molar-refractivity contribution < 1.29 is 38.6 Å². The number of esters is 1. The average Bonchev–Trinajstić information content (AvgIpc) is 3.18. The summed E-state index contributed by atoms with van der Waals surface area (Å²) < 4.78 is 4.75. The molecule has 2 aromatic rings. The van der Waals surface area contributed by atoms with Gasteiger partial charge in [-0.15, -0.1) is 0 Å². The molecule has 57 heavy (non-hydrogen) atoms. The standard InChI is InChI=1S/C44H67N5O8/c1-10-49(11-2)24-16-15-19-35(38(51)27-33(28-50)43(56)57-9)46-42(55)36(25-29(3)4)47-39(52)30(5)45-41(54)37(26-31-17-13-12-14-18-31)48-40(53)32-20-22-34(23-21-32)44(6,7)8/h12-14,17-18,20-23,29-30,33,35-37,50H,10-11,15-16,19,24-28H2,1-9H3,(H,45,54)(H,46,55)(H,47,52)(H,48,53)/t30-,33-,35-,36-,37-/m0/s1. The van der Waals surface area contributed by atoms with Crippen molar-refractivity contribution in [1.82, 2.24) is 26.2 Å². The second-order valence-corrected chi connectivity index (χ2v) is 16.1. The number of ether oxygens (including phenoxy) is 1. The molecule has 316 valence electrons. The zero-order chi connectivity index (χ0) is 42.7. The lowest BCUT2D eigenvalue weighted by Crippen LogP contribution is -2.57. The van der Waals surface area contributed by atoms with Crippen LogP contribution in [0.1, 0.15) is 109 Å². The zero-order valence-corrected chi connectivity index (χ0v) is 35.5. The molecule has 0 bridgehead atoms. The molecule has 0 aliphatic heterocycles. The van der Waals surface area contributed by atoms with Crippen LogP contribution in [0.5, 0.6) is 0 Å². The van der Waals surface area contributed by atoms with Crippen LogP contribution in [0, 0.1) is 11.8 Å². The van der Waals surface area contributed by atoms with E-state index < -0.39 is 72.1 Å². The Morgan fingerprint density at radius 2 is 1.35 bits per heavy atom. The molecular weight excluding hydrogens is 727 g/mol. The number of carbonyl (C=O) groups is 6. The third-order valence-electron chi connectivity index (χ3n) is 10.0. The summed E-state index contributed by atoms with van der Waals surface area (Å²) in [6.07, 6.45) is 1.78. The van der Waals surface area contributed by atoms with Gasteiger partial charge in [-0.05, 0) is 86.8 Å². The molecule has 0 aliphatic carbocycles. The lowest BCUT2D eigenvalue weighted by atomic mass is 9.86. The molecular formula is C44H67N5O8. The summed E-state index contributed by atoms with van der Waals surface area (Å²) in [6.45, 7) is 17.7. The second kappa shape index (κ2) is 24.2. The van der Waals surface area contributed by atoms with Crippen LogP contribution in [0.25, 0.3) is 0 Å². The predicted molar refractivity (Wildman–Crippen MR) is 221 cm³/mol. The number of aliphatic hydroxyl groups is 1. The van der Waals surface area contributed by atoms with E-state index in [4.69, 9.17) is 4.74 Å². The molecule has 0 heterocycles. The third kappa shape index (κ3) is 16.8. The summed E-state index contributed by atoms with van der Waals surface area (Å²) in [5, 5.41) is 20.9. The summed E-state index contributed by atoms with van der Waals surface area (Å²) in [7, 11) is 1.18. The number of benzene rings is 2. The summed E-state index contributed by atoms with van der Waals surface area (Å²) in [5.41, 5.74) is 2.15. The van der Waals surface area contributed by atoms with E-state index in [-0.39, 0.29) is 30.6 Å². The van der Waals surface area contributed by atoms with Gasteiger partial charge in [0.05, 0.1) is 25.7 Å². The number of methoxy groups -OCH3 is 1. The molecule has 5 atom stereocenters. The maximum Gasteiger partial charge on any atom is 0.311 e. The zero-order valence-electron chi connectivity index (χ0n) is 35.5. The van der Waals surface area contributed by atoms with Gasteiger partial charge in [-0.25, -0.2) is 0 Å². The lowest BCUT2D eigenvalue weighted by Gasteiger charge is -2.27. The fraction of sp³-hybridized carbons (Fsp3) is 0.591. The number of unbranched alkanes of at least 4 members (excludes halogenated alkanes) is 1. The molecule has 0 radical (unpaired) electrons. The van der Waals surface area contributed by atoms with Crippen LogP contribution in [0.3, 0.4) is 0 Å². The Morgan fingerprint density at radius 3 is 1.89 bits per heavy atom. The minimum atomic E-state index is -1.09. The van der Waals surface area contributed by atoms with E-state index in [0.29, 0.717) is 18.4 Å². The SMILES string of the molecule is CCN(CC)CCCC[C@H](NC(=O)[C@H](CC(C)C)NC(=O)[C@H](C)NC(=O)[C@H](Cc1ccccc1)NC(=O)c1ccc(C(C)(C)C)cc1)C(=O)C[C@@H](CO)C(=O)OC. The number of Topliss-reactive ketones (excluding diaryl/α,β-unsaturated/α-hetero) is 1. The van der Waals surface area contributed by atoms with Crippen molar-refractivity contribution in [2.24, 2.45) is 11.8 Å². The van der Waals surface area contributed by atoms with Gasteiger partial charge in [0, 0.05) is 18.4 Å². The first-order valence-electron chi connectivity index (χ1n) is 20.2. The molecule has 0 saturated heterocycles. The van der Waals surface area contributed by atoms with E-state index in [0.717, 1.165) is 37.2 Å². The van der Waals surface area contributed by atoms with Crippen LogP contribution < -0.4 is 21.3 Å². The van der Waals surface area contributed by atoms with Crippen molar-refractivity contribution in [1.29, 1.82) is 0 Å². The van der Waals surface area contributed by atoms with E-state index in [1.807, 2.05) is 56.3 Å². The fourth-order valence-electron chi connectivity index (χ4n) is 6.39. The number of rotatable bonds is 24. The highest BCUT2D eigenvalue weighted by Gasteiger charge is 2.32. The van der Waals surface area contributed by atoms with E-state index in [9.17, 15) is 33.9 Å². The number of carbonyl (C=O) groups excluding carboxylic acids is 6. The number of hydrogen-bond acceptors (Lipinski definition) is 9. The van der Waals surface area contributed by atoms with Gasteiger partial charge in [-0.1, -0.05) is 90.9 Å². The highest BCUT2D eigenvalue weighted by atomic mass is 16.5. The number of amides is 4. The maximum absolute atomic E-state index is 13.8. The average molecular weight is 794 g/mol. The van der Waals surface area contributed by atoms with Gasteiger partial charge in [0.15, 0.2) is 5.78 Å². The fourth-order valence-corrected chi connectivity index (χ4v) is 6.39. The third-order valence-corrected chi connectivity index (χ3v) is 10.0. The smallest absolute Gasteiger partial charge is 0.311 e. The Kier molecular flexibility index (Phi) is 20.6. The van der Waals surface area contributed by atoms with Gasteiger partial charge in [-0.2, -0.15) is 0 Å². The number of nitrogens with one attached hydrogen (secondary N) is 4. The molecule has 0 spiro atoms. The van der Waals surface area contributed by atoms with Gasteiger partial charge in [0.25, 0.3) is 5.91 Å². The van der Waals surface area contributed by atoms with Crippen molar-refractivity contribution in [2.75, 3.05) is 33.4 Å². The van der Waals surface area contributed by atoms with Crippen LogP contribution in [0.4, 0.5) is 0 Å². The minimum absolute atomic E-state index is 0.0322. The molecule has 13 heteroatoms. The second-order valence-electron chi connectivity index (χ2n) is 16.1. The molecule has 4 amide bonds. The first-order valence-corrected chi connectivity index (χ1v) is 20.2. The van der Waals surface area contributed by atoms with Crippen LogP contribution in [0.15, 0.2) is 54.6 Å². The van der Waals surface area contributed by atoms with Crippen molar-refractivity contribution in [2.45, 2.75) is 123 Å². The van der Waals surface area contributed by atoms with E-state index in [2.05, 4.69) is 60.8 Å². The normalized spacial score (nSPS) is 14.2. The number of hydrogen-bond donors (Lipinski definition) is 5. The van der Waals surface area contributed by atoms with Crippen LogP contribution in [-0.2, 0) is 40.5 Å². The Bertz CT molecular complexity index is 1590. The summed E-state index contributed by atoms with van der Waals surface area (Å²) in [5.74, 6) is -4.48. The first kappa shape index (κ1) is 48.5. The quantitative estimate of drug-likeness (QED) is 0.0772. The van der Waals surface area contributed by atoms with Gasteiger partial charge in [0.1, 0.15) is 18.1 Å². The highest BCUT2D eigenvalue weighted by Crippen LogP contribution is 2.22. The Labute approximate surface area is 339 Å². The van der Waals surface area contributed by atoms with Gasteiger partial charge in [0.2, 0.25) is 17.7 Å². The van der Waals surface area contributed by atoms with E-state index >= 15 is 0 Å². The monoisotopic (exact) mass is 793 g/mol. The predicted octanol–water partition coefficient (Wildman–Crippen LogP) is 4.10. The highest BCUT2D eigenvalue weighted by molar-refractivity contribution is 5.99. The molecule has 0 unspecified atom stereocenters. The molecule has 2 aromatic carbocycles. The van der Waals surface area contributed by atoms with Crippen molar-refractivity contribution in [3.8, 4) is 0 Å². The van der Waals surface area contributed by atoms with Gasteiger partial charge in [-0.3, -0.25) is 28.8 Å². The first-order chi connectivity index (χ1) is 26.9. The molecule has 0 aliphatic rings. The maximum atomic E-state index is 13.8. The molecule has 13 nitrogen and oxygen atoms in total. The Hall–Kier alpha value is -4.62. The molecule has 0 aromatic heterocycles. The van der Waals surface area contributed by atoms with Crippen molar-refractivity contribution in [3.63, 3.8) is 0 Å². The van der Waals surface area contributed by atoms with Crippen LogP contribution >= 0.6 is 0 Å². The molecule has 2 rings (SSSR count). The number of nitrogens with zero attached hydrogens (tertiary/aromatic N) is 1.